The van der Waals surface area contributed by atoms with Crippen LogP contribution in [0.4, 0.5) is 0 Å². The minimum atomic E-state index is 0.590. The zero-order chi connectivity index (χ0) is 12.5. The molecule has 0 aromatic heterocycles. The monoisotopic (exact) mass is 247 g/mol. The number of rotatable bonds is 2. The average molecular weight is 247 g/mol. The summed E-state index contributed by atoms with van der Waals surface area (Å²) in [5.41, 5.74) is 2.75. The van der Waals surface area contributed by atoms with Gasteiger partial charge in [0.1, 0.15) is 11.5 Å². The maximum absolute atomic E-state index is 5.58. The minimum absolute atomic E-state index is 0.590. The first-order chi connectivity index (χ1) is 8.85. The third-order valence-corrected chi connectivity index (χ3v) is 4.37. The van der Waals surface area contributed by atoms with E-state index in [1.165, 1.54) is 30.4 Å². The lowest BCUT2D eigenvalue weighted by Crippen LogP contribution is -2.42. The normalized spacial score (nSPS) is 26.1. The molecule has 2 aliphatic rings. The first kappa shape index (κ1) is 11.8. The first-order valence-electron chi connectivity index (χ1n) is 6.82. The van der Waals surface area contributed by atoms with Crippen LogP contribution < -0.4 is 14.8 Å². The summed E-state index contributed by atoms with van der Waals surface area (Å²) < 4.78 is 11.1. The fourth-order valence-electron chi connectivity index (χ4n) is 3.56. The van der Waals surface area contributed by atoms with Crippen LogP contribution in [-0.4, -0.2) is 26.8 Å². The van der Waals surface area contributed by atoms with Gasteiger partial charge >= 0.3 is 0 Å². The molecule has 0 spiro atoms. The van der Waals surface area contributed by atoms with E-state index in [0.717, 1.165) is 24.5 Å². The van der Waals surface area contributed by atoms with Crippen LogP contribution in [0.5, 0.6) is 11.5 Å². The topological polar surface area (TPSA) is 30.5 Å². The molecule has 1 N–H and O–H groups in total. The van der Waals surface area contributed by atoms with Gasteiger partial charge in [0.05, 0.1) is 14.2 Å². The summed E-state index contributed by atoms with van der Waals surface area (Å²) in [4.78, 5) is 0. The Kier molecular flexibility index (Phi) is 3.16. The number of nitrogens with one attached hydrogen (secondary N) is 1. The minimum Gasteiger partial charge on any atom is -0.496 e. The van der Waals surface area contributed by atoms with Crippen LogP contribution in [0.3, 0.4) is 0 Å². The van der Waals surface area contributed by atoms with Gasteiger partial charge in [-0.3, -0.25) is 0 Å². The lowest BCUT2D eigenvalue weighted by atomic mass is 9.74. The highest BCUT2D eigenvalue weighted by molar-refractivity contribution is 5.52. The average Bonchev–Trinajstić information content (AvgIpc) is 2.45. The molecule has 98 valence electrons. The van der Waals surface area contributed by atoms with Crippen LogP contribution in [0.1, 0.15) is 36.3 Å². The van der Waals surface area contributed by atoms with E-state index in [9.17, 15) is 0 Å². The Morgan fingerprint density at radius 2 is 1.89 bits per heavy atom. The van der Waals surface area contributed by atoms with E-state index in [1.807, 2.05) is 6.07 Å². The molecule has 1 aromatic carbocycles. The molecule has 3 heteroatoms. The Balaban J connectivity index is 2.09. The quantitative estimate of drug-likeness (QED) is 0.871. The fraction of sp³-hybridized carbons (Fsp3) is 0.600. The third-order valence-electron chi connectivity index (χ3n) is 4.37. The molecule has 18 heavy (non-hydrogen) atoms. The SMILES string of the molecule is COc1ccc(OC)c2c1CC[C@H]1NCCC[C@@H]21. The zero-order valence-electron chi connectivity index (χ0n) is 11.2. The predicted octanol–water partition coefficient (Wildman–Crippen LogP) is 2.49. The van der Waals surface area contributed by atoms with Crippen molar-refractivity contribution in [3.05, 3.63) is 23.3 Å². The van der Waals surface area contributed by atoms with Gasteiger partial charge in [-0.05, 0) is 44.4 Å². The van der Waals surface area contributed by atoms with Gasteiger partial charge in [-0.2, -0.15) is 0 Å². The van der Waals surface area contributed by atoms with E-state index in [4.69, 9.17) is 9.47 Å². The van der Waals surface area contributed by atoms with E-state index in [2.05, 4.69) is 11.4 Å². The summed E-state index contributed by atoms with van der Waals surface area (Å²) in [6.45, 7) is 1.16. The van der Waals surface area contributed by atoms with Crippen LogP contribution in [0, 0.1) is 0 Å². The van der Waals surface area contributed by atoms with E-state index >= 15 is 0 Å². The largest absolute Gasteiger partial charge is 0.496 e. The number of piperidine rings is 1. The molecule has 2 atom stereocenters. The molecule has 1 fully saturated rings. The molecule has 1 saturated heterocycles. The maximum atomic E-state index is 5.58. The number of benzene rings is 1. The predicted molar refractivity (Wildman–Crippen MR) is 71.6 cm³/mol. The van der Waals surface area contributed by atoms with Crippen LogP contribution in [0.2, 0.25) is 0 Å². The van der Waals surface area contributed by atoms with Crippen LogP contribution >= 0.6 is 0 Å². The molecular formula is C15H21NO2. The van der Waals surface area contributed by atoms with Crippen LogP contribution in [-0.2, 0) is 6.42 Å². The van der Waals surface area contributed by atoms with Crippen molar-refractivity contribution in [2.24, 2.45) is 0 Å². The molecule has 0 unspecified atom stereocenters. The van der Waals surface area contributed by atoms with Gasteiger partial charge in [-0.15, -0.1) is 0 Å². The second-order valence-electron chi connectivity index (χ2n) is 5.21. The summed E-state index contributed by atoms with van der Waals surface area (Å²) in [6, 6.07) is 4.70. The Morgan fingerprint density at radius 1 is 1.11 bits per heavy atom. The van der Waals surface area contributed by atoms with Crippen molar-refractivity contribution in [1.29, 1.82) is 0 Å². The Hall–Kier alpha value is -1.22. The van der Waals surface area contributed by atoms with Gasteiger partial charge in [0.2, 0.25) is 0 Å². The molecule has 1 aliphatic carbocycles. The molecule has 1 aliphatic heterocycles. The molecule has 0 bridgehead atoms. The number of hydrogen-bond donors (Lipinski definition) is 1. The van der Waals surface area contributed by atoms with Crippen molar-refractivity contribution in [2.75, 3.05) is 20.8 Å². The van der Waals surface area contributed by atoms with Gasteiger partial charge in [-0.1, -0.05) is 0 Å². The molecule has 1 heterocycles. The van der Waals surface area contributed by atoms with Crippen LogP contribution in [0.15, 0.2) is 12.1 Å². The van der Waals surface area contributed by atoms with E-state index < -0.39 is 0 Å². The second kappa shape index (κ2) is 4.81. The van der Waals surface area contributed by atoms with Crippen molar-refractivity contribution in [1.82, 2.24) is 5.32 Å². The van der Waals surface area contributed by atoms with Crippen molar-refractivity contribution in [3.63, 3.8) is 0 Å². The summed E-state index contributed by atoms with van der Waals surface area (Å²) in [7, 11) is 3.52. The second-order valence-corrected chi connectivity index (χ2v) is 5.21. The number of methoxy groups -OCH3 is 2. The summed E-state index contributed by atoms with van der Waals surface area (Å²) in [5, 5.41) is 3.65. The van der Waals surface area contributed by atoms with Crippen molar-refractivity contribution in [3.8, 4) is 11.5 Å². The lowest BCUT2D eigenvalue weighted by Gasteiger charge is -2.39. The molecule has 0 saturated carbocycles. The number of ether oxygens (including phenoxy) is 2. The molecule has 3 rings (SSSR count). The summed E-state index contributed by atoms with van der Waals surface area (Å²) >= 11 is 0. The Bertz CT molecular complexity index is 444. The zero-order valence-corrected chi connectivity index (χ0v) is 11.2. The Labute approximate surface area is 108 Å². The van der Waals surface area contributed by atoms with E-state index in [1.54, 1.807) is 14.2 Å². The molecule has 3 nitrogen and oxygen atoms in total. The highest BCUT2D eigenvalue weighted by atomic mass is 16.5. The van der Waals surface area contributed by atoms with Crippen molar-refractivity contribution >= 4 is 0 Å². The maximum Gasteiger partial charge on any atom is 0.122 e. The van der Waals surface area contributed by atoms with Gasteiger partial charge in [0.25, 0.3) is 0 Å². The lowest BCUT2D eigenvalue weighted by molar-refractivity contribution is 0.301. The molecule has 0 amide bonds. The fourth-order valence-corrected chi connectivity index (χ4v) is 3.56. The van der Waals surface area contributed by atoms with Gasteiger partial charge in [0.15, 0.2) is 0 Å². The van der Waals surface area contributed by atoms with Crippen molar-refractivity contribution < 1.29 is 9.47 Å². The summed E-state index contributed by atoms with van der Waals surface area (Å²) in [5.74, 6) is 2.64. The molecular weight excluding hydrogens is 226 g/mol. The highest BCUT2D eigenvalue weighted by Gasteiger charge is 2.35. The molecule has 1 aromatic rings. The number of fused-ring (bicyclic) bond motifs is 3. The van der Waals surface area contributed by atoms with Gasteiger partial charge < -0.3 is 14.8 Å². The highest BCUT2D eigenvalue weighted by Crippen LogP contribution is 2.45. The standard InChI is InChI=1S/C15H21NO2/c1-17-13-7-8-14(18-2)15-10-4-3-9-16-12(10)6-5-11(13)15/h7-8,10,12,16H,3-6,9H2,1-2H3/t10-,12-/m1/s1. The van der Waals surface area contributed by atoms with Crippen molar-refractivity contribution in [2.45, 2.75) is 37.6 Å². The summed E-state index contributed by atoms with van der Waals surface area (Å²) in [6.07, 6.45) is 4.81. The van der Waals surface area contributed by atoms with Gasteiger partial charge in [0, 0.05) is 23.1 Å². The Morgan fingerprint density at radius 3 is 2.67 bits per heavy atom. The smallest absolute Gasteiger partial charge is 0.122 e. The third kappa shape index (κ3) is 1.77. The van der Waals surface area contributed by atoms with E-state index in [-0.39, 0.29) is 0 Å². The van der Waals surface area contributed by atoms with Crippen LogP contribution in [0.25, 0.3) is 0 Å². The van der Waals surface area contributed by atoms with E-state index in [0.29, 0.717) is 12.0 Å². The first-order valence-corrected chi connectivity index (χ1v) is 6.82. The number of hydrogen-bond acceptors (Lipinski definition) is 3. The molecule has 0 radical (unpaired) electrons. The van der Waals surface area contributed by atoms with Gasteiger partial charge in [-0.25, -0.2) is 0 Å².